The van der Waals surface area contributed by atoms with Crippen LogP contribution in [0.25, 0.3) is 11.2 Å². The van der Waals surface area contributed by atoms with E-state index in [9.17, 15) is 0 Å². The Hall–Kier alpha value is -2.07. The molecule has 4 nitrogen and oxygen atoms in total. The Morgan fingerprint density at radius 1 is 1.21 bits per heavy atom. The average Bonchev–Trinajstić information content (AvgIpc) is 2.76. The van der Waals surface area contributed by atoms with E-state index in [0.29, 0.717) is 17.5 Å². The molecule has 5 heteroatoms. The minimum atomic E-state index is 0.449. The minimum absolute atomic E-state index is 0.449. The molecule has 0 amide bonds. The monoisotopic (exact) mass is 273 g/mol. The number of hydrogen-bond acceptors (Lipinski definition) is 3. The maximum Gasteiger partial charge on any atom is 0.205 e. The predicted molar refractivity (Wildman–Crippen MR) is 74.6 cm³/mol. The molecule has 0 aliphatic carbocycles. The van der Waals surface area contributed by atoms with Gasteiger partial charge in [-0.15, -0.1) is 0 Å². The van der Waals surface area contributed by atoms with Crippen LogP contribution in [0.4, 0.5) is 0 Å². The van der Waals surface area contributed by atoms with Gasteiger partial charge in [-0.3, -0.25) is 0 Å². The molecular weight excluding hydrogens is 262 g/mol. The highest BCUT2D eigenvalue weighted by Crippen LogP contribution is 2.20. The Bertz CT molecular complexity index is 706. The maximum absolute atomic E-state index is 6.16. The van der Waals surface area contributed by atoms with Crippen LogP contribution < -0.4 is 4.74 Å². The number of benzene rings is 1. The van der Waals surface area contributed by atoms with E-state index < -0.39 is 0 Å². The van der Waals surface area contributed by atoms with Gasteiger partial charge in [-0.05, 0) is 41.4 Å². The van der Waals surface area contributed by atoms with Gasteiger partial charge < -0.3 is 9.30 Å². The SMILES string of the molecule is COc1ccc(Cn2c(Cl)nc3ncccc32)cc1. The van der Waals surface area contributed by atoms with Crippen LogP contribution in [0.2, 0.25) is 5.28 Å². The van der Waals surface area contributed by atoms with Gasteiger partial charge in [-0.1, -0.05) is 12.1 Å². The molecule has 0 atom stereocenters. The van der Waals surface area contributed by atoms with Gasteiger partial charge >= 0.3 is 0 Å². The van der Waals surface area contributed by atoms with Gasteiger partial charge in [0.2, 0.25) is 5.28 Å². The molecule has 0 saturated heterocycles. The lowest BCUT2D eigenvalue weighted by atomic mass is 10.2. The van der Waals surface area contributed by atoms with E-state index in [4.69, 9.17) is 16.3 Å². The lowest BCUT2D eigenvalue weighted by molar-refractivity contribution is 0.414. The zero-order valence-electron chi connectivity index (χ0n) is 10.4. The molecule has 0 aliphatic rings. The Kier molecular flexibility index (Phi) is 3.09. The Morgan fingerprint density at radius 3 is 2.74 bits per heavy atom. The van der Waals surface area contributed by atoms with E-state index in [1.807, 2.05) is 41.0 Å². The summed E-state index contributed by atoms with van der Waals surface area (Å²) in [5.74, 6) is 0.840. The summed E-state index contributed by atoms with van der Waals surface area (Å²) < 4.78 is 7.08. The number of fused-ring (bicyclic) bond motifs is 1. The van der Waals surface area contributed by atoms with Crippen LogP contribution >= 0.6 is 11.6 Å². The summed E-state index contributed by atoms with van der Waals surface area (Å²) in [6.07, 6.45) is 1.71. The highest BCUT2D eigenvalue weighted by Gasteiger charge is 2.09. The van der Waals surface area contributed by atoms with Crippen molar-refractivity contribution in [2.24, 2.45) is 0 Å². The molecule has 2 aromatic heterocycles. The van der Waals surface area contributed by atoms with Gasteiger partial charge in [0, 0.05) is 6.20 Å². The Morgan fingerprint density at radius 2 is 2.00 bits per heavy atom. The fraction of sp³-hybridized carbons (Fsp3) is 0.143. The van der Waals surface area contributed by atoms with Gasteiger partial charge in [0.25, 0.3) is 0 Å². The molecule has 0 aliphatic heterocycles. The normalized spacial score (nSPS) is 10.8. The third-order valence-electron chi connectivity index (χ3n) is 2.98. The van der Waals surface area contributed by atoms with Crippen molar-refractivity contribution in [3.63, 3.8) is 0 Å². The van der Waals surface area contributed by atoms with Crippen LogP contribution in [0.1, 0.15) is 5.56 Å². The van der Waals surface area contributed by atoms with Crippen molar-refractivity contribution in [1.82, 2.24) is 14.5 Å². The van der Waals surface area contributed by atoms with E-state index in [0.717, 1.165) is 16.8 Å². The van der Waals surface area contributed by atoms with E-state index in [-0.39, 0.29) is 0 Å². The van der Waals surface area contributed by atoms with Crippen molar-refractivity contribution in [3.8, 4) is 5.75 Å². The number of nitrogens with zero attached hydrogens (tertiary/aromatic N) is 3. The van der Waals surface area contributed by atoms with E-state index in [2.05, 4.69) is 9.97 Å². The summed E-state index contributed by atoms with van der Waals surface area (Å²) in [4.78, 5) is 8.43. The first kappa shape index (κ1) is 12.0. The van der Waals surface area contributed by atoms with Crippen molar-refractivity contribution in [2.75, 3.05) is 7.11 Å². The summed E-state index contributed by atoms with van der Waals surface area (Å²) in [5.41, 5.74) is 2.73. The van der Waals surface area contributed by atoms with Crippen molar-refractivity contribution < 1.29 is 4.74 Å². The van der Waals surface area contributed by atoms with Gasteiger partial charge in [-0.25, -0.2) is 4.98 Å². The number of pyridine rings is 1. The van der Waals surface area contributed by atoms with Crippen LogP contribution in [0.3, 0.4) is 0 Å². The zero-order chi connectivity index (χ0) is 13.2. The molecule has 0 unspecified atom stereocenters. The average molecular weight is 274 g/mol. The number of aromatic nitrogens is 3. The molecule has 96 valence electrons. The standard InChI is InChI=1S/C14H12ClN3O/c1-19-11-6-4-10(5-7-11)9-18-12-3-2-8-16-13(12)17-14(18)15/h2-8H,9H2,1H3. The number of rotatable bonds is 3. The first-order chi connectivity index (χ1) is 9.28. The van der Waals surface area contributed by atoms with Crippen molar-refractivity contribution in [1.29, 1.82) is 0 Å². The number of hydrogen-bond donors (Lipinski definition) is 0. The lowest BCUT2D eigenvalue weighted by Crippen LogP contribution is -1.99. The fourth-order valence-corrected chi connectivity index (χ4v) is 2.23. The Labute approximate surface area is 115 Å². The molecule has 0 N–H and O–H groups in total. The van der Waals surface area contributed by atoms with Crippen LogP contribution in [0, 0.1) is 0 Å². The molecule has 1 aromatic carbocycles. The van der Waals surface area contributed by atoms with Crippen molar-refractivity contribution in [2.45, 2.75) is 6.54 Å². The highest BCUT2D eigenvalue weighted by atomic mass is 35.5. The minimum Gasteiger partial charge on any atom is -0.497 e. The molecule has 2 heterocycles. The van der Waals surface area contributed by atoms with Crippen LogP contribution in [0.15, 0.2) is 42.6 Å². The predicted octanol–water partition coefficient (Wildman–Crippen LogP) is 3.14. The summed E-state index contributed by atoms with van der Waals surface area (Å²) >= 11 is 6.16. The summed E-state index contributed by atoms with van der Waals surface area (Å²) in [5, 5.41) is 0.449. The van der Waals surface area contributed by atoms with Gasteiger partial charge in [0.05, 0.1) is 19.2 Å². The molecule has 3 aromatic rings. The van der Waals surface area contributed by atoms with E-state index in [1.54, 1.807) is 13.3 Å². The van der Waals surface area contributed by atoms with E-state index >= 15 is 0 Å². The van der Waals surface area contributed by atoms with Crippen molar-refractivity contribution in [3.05, 3.63) is 53.4 Å². The number of methoxy groups -OCH3 is 1. The molecule has 0 fully saturated rings. The second kappa shape index (κ2) is 4.90. The fourth-order valence-electron chi connectivity index (χ4n) is 2.00. The van der Waals surface area contributed by atoms with Crippen LogP contribution in [-0.2, 0) is 6.54 Å². The molecule has 0 bridgehead atoms. The topological polar surface area (TPSA) is 39.9 Å². The summed E-state index contributed by atoms with van der Waals surface area (Å²) in [7, 11) is 1.65. The first-order valence-electron chi connectivity index (χ1n) is 5.87. The second-order valence-electron chi connectivity index (χ2n) is 4.16. The number of halogens is 1. The maximum atomic E-state index is 6.16. The van der Waals surface area contributed by atoms with E-state index in [1.165, 1.54) is 0 Å². The van der Waals surface area contributed by atoms with Crippen LogP contribution in [0.5, 0.6) is 5.75 Å². The molecule has 3 rings (SSSR count). The Balaban J connectivity index is 1.98. The third-order valence-corrected chi connectivity index (χ3v) is 3.27. The highest BCUT2D eigenvalue weighted by molar-refractivity contribution is 6.29. The largest absolute Gasteiger partial charge is 0.497 e. The lowest BCUT2D eigenvalue weighted by Gasteiger charge is -2.06. The smallest absolute Gasteiger partial charge is 0.205 e. The molecule has 0 radical (unpaired) electrons. The number of ether oxygens (including phenoxy) is 1. The van der Waals surface area contributed by atoms with Crippen LogP contribution in [-0.4, -0.2) is 21.6 Å². The first-order valence-corrected chi connectivity index (χ1v) is 6.25. The quantitative estimate of drug-likeness (QED) is 0.736. The second-order valence-corrected chi connectivity index (χ2v) is 4.50. The zero-order valence-corrected chi connectivity index (χ0v) is 11.1. The molecule has 0 saturated carbocycles. The van der Waals surface area contributed by atoms with Gasteiger partial charge in [0.15, 0.2) is 5.65 Å². The number of imidazole rings is 1. The molecule has 19 heavy (non-hydrogen) atoms. The third kappa shape index (κ3) is 2.27. The van der Waals surface area contributed by atoms with Gasteiger partial charge in [0.1, 0.15) is 5.75 Å². The van der Waals surface area contributed by atoms with Gasteiger partial charge in [-0.2, -0.15) is 4.98 Å². The van der Waals surface area contributed by atoms with Crippen molar-refractivity contribution >= 4 is 22.8 Å². The molecule has 0 spiro atoms. The summed E-state index contributed by atoms with van der Waals surface area (Å²) in [6.45, 7) is 0.658. The molecular formula is C14H12ClN3O. The summed E-state index contributed by atoms with van der Waals surface area (Å²) in [6, 6.07) is 11.7.